The van der Waals surface area contributed by atoms with Crippen LogP contribution in [0, 0.1) is 5.92 Å². The van der Waals surface area contributed by atoms with E-state index in [1.54, 1.807) is 0 Å². The van der Waals surface area contributed by atoms with E-state index in [4.69, 9.17) is 9.47 Å². The van der Waals surface area contributed by atoms with Crippen molar-refractivity contribution < 1.29 is 22.6 Å². The third kappa shape index (κ3) is 3.96. The van der Waals surface area contributed by atoms with Gasteiger partial charge in [-0.1, -0.05) is 0 Å². The zero-order valence-electron chi connectivity index (χ0n) is 11.0. The highest BCUT2D eigenvalue weighted by atomic mass is 19.4. The van der Waals surface area contributed by atoms with Crippen LogP contribution in [0.3, 0.4) is 0 Å². The van der Waals surface area contributed by atoms with Crippen molar-refractivity contribution in [3.05, 3.63) is 11.8 Å². The van der Waals surface area contributed by atoms with Gasteiger partial charge in [0.1, 0.15) is 0 Å². The van der Waals surface area contributed by atoms with Gasteiger partial charge in [0.15, 0.2) is 5.69 Å². The van der Waals surface area contributed by atoms with E-state index in [2.05, 4.69) is 15.3 Å². The molecule has 1 N–H and O–H groups in total. The van der Waals surface area contributed by atoms with Crippen LogP contribution in [0.2, 0.25) is 0 Å². The van der Waals surface area contributed by atoms with Crippen molar-refractivity contribution in [2.24, 2.45) is 5.92 Å². The Balaban J connectivity index is 2.06. The second kappa shape index (κ2) is 6.25. The average Bonchev–Trinajstić information content (AvgIpc) is 2.45. The Morgan fingerprint density at radius 1 is 1.35 bits per heavy atom. The van der Waals surface area contributed by atoms with E-state index >= 15 is 0 Å². The molecule has 0 bridgehead atoms. The Labute approximate surface area is 114 Å². The topological polar surface area (TPSA) is 56.3 Å². The molecule has 0 amide bonds. The number of nitrogens with zero attached hydrogens (tertiary/aromatic N) is 2. The second-order valence-corrected chi connectivity index (χ2v) is 4.53. The molecule has 0 unspecified atom stereocenters. The van der Waals surface area contributed by atoms with Crippen molar-refractivity contribution in [1.82, 2.24) is 9.97 Å². The molecule has 2 heterocycles. The van der Waals surface area contributed by atoms with E-state index < -0.39 is 11.9 Å². The summed E-state index contributed by atoms with van der Waals surface area (Å²) >= 11 is 0. The monoisotopic (exact) mass is 291 g/mol. The molecule has 1 fully saturated rings. The smallest absolute Gasteiger partial charge is 0.433 e. The summed E-state index contributed by atoms with van der Waals surface area (Å²) in [5.74, 6) is 0.107. The second-order valence-electron chi connectivity index (χ2n) is 4.53. The molecule has 0 spiro atoms. The number of aromatic nitrogens is 2. The summed E-state index contributed by atoms with van der Waals surface area (Å²) in [4.78, 5) is 7.24. The van der Waals surface area contributed by atoms with Crippen LogP contribution >= 0.6 is 0 Å². The van der Waals surface area contributed by atoms with Gasteiger partial charge in [-0.25, -0.2) is 4.98 Å². The maximum absolute atomic E-state index is 12.7. The molecule has 8 heteroatoms. The van der Waals surface area contributed by atoms with Crippen LogP contribution in [0.25, 0.3) is 0 Å². The Kier molecular flexibility index (Phi) is 4.64. The Bertz CT molecular complexity index is 448. The largest absolute Gasteiger partial charge is 0.477 e. The summed E-state index contributed by atoms with van der Waals surface area (Å²) < 4.78 is 48.7. The molecule has 0 aliphatic carbocycles. The quantitative estimate of drug-likeness (QED) is 0.922. The van der Waals surface area contributed by atoms with Crippen molar-refractivity contribution in [2.45, 2.75) is 19.0 Å². The first-order valence-electron chi connectivity index (χ1n) is 6.33. The first kappa shape index (κ1) is 14.8. The number of hydrogen-bond acceptors (Lipinski definition) is 5. The van der Waals surface area contributed by atoms with Gasteiger partial charge in [0.05, 0.1) is 6.61 Å². The molecule has 112 valence electrons. The van der Waals surface area contributed by atoms with Crippen LogP contribution in [-0.2, 0) is 10.9 Å². The van der Waals surface area contributed by atoms with Gasteiger partial charge in [0.25, 0.3) is 0 Å². The maximum atomic E-state index is 12.7. The molecule has 1 saturated heterocycles. The van der Waals surface area contributed by atoms with Crippen LogP contribution in [0.4, 0.5) is 19.1 Å². The summed E-state index contributed by atoms with van der Waals surface area (Å²) in [5.41, 5.74) is -1.01. The lowest BCUT2D eigenvalue weighted by atomic mass is 10.0. The lowest BCUT2D eigenvalue weighted by Gasteiger charge is -2.22. The molecule has 0 aromatic carbocycles. The van der Waals surface area contributed by atoms with Crippen molar-refractivity contribution in [1.29, 1.82) is 0 Å². The minimum atomic E-state index is -4.52. The van der Waals surface area contributed by atoms with Gasteiger partial charge in [-0.05, 0) is 18.8 Å². The normalized spacial score (nSPS) is 17.0. The first-order chi connectivity index (χ1) is 9.49. The summed E-state index contributed by atoms with van der Waals surface area (Å²) in [7, 11) is 1.46. The van der Waals surface area contributed by atoms with Gasteiger partial charge in [-0.15, -0.1) is 0 Å². The number of nitrogens with one attached hydrogen (secondary N) is 1. The predicted molar refractivity (Wildman–Crippen MR) is 65.6 cm³/mol. The SMILES string of the molecule is CNc1nc(OCC2CCOCC2)cc(C(F)(F)F)n1. The molecule has 0 saturated carbocycles. The van der Waals surface area contributed by atoms with Crippen molar-refractivity contribution in [3.8, 4) is 5.88 Å². The number of alkyl halides is 3. The van der Waals surface area contributed by atoms with Crippen LogP contribution in [0.15, 0.2) is 6.07 Å². The summed E-state index contributed by atoms with van der Waals surface area (Å²) in [6.45, 7) is 1.65. The van der Waals surface area contributed by atoms with Gasteiger partial charge in [-0.3, -0.25) is 0 Å². The average molecular weight is 291 g/mol. The molecule has 1 aromatic heterocycles. The highest BCUT2D eigenvalue weighted by Crippen LogP contribution is 2.30. The lowest BCUT2D eigenvalue weighted by Crippen LogP contribution is -2.22. The fraction of sp³-hybridized carbons (Fsp3) is 0.667. The number of hydrogen-bond donors (Lipinski definition) is 1. The minimum absolute atomic E-state index is 0.0665. The molecule has 2 rings (SSSR count). The fourth-order valence-electron chi connectivity index (χ4n) is 1.87. The van der Waals surface area contributed by atoms with Gasteiger partial charge in [0.2, 0.25) is 11.8 Å². The van der Waals surface area contributed by atoms with Crippen molar-refractivity contribution in [3.63, 3.8) is 0 Å². The number of rotatable bonds is 4. The molecule has 5 nitrogen and oxygen atoms in total. The van der Waals surface area contributed by atoms with Crippen molar-refractivity contribution in [2.75, 3.05) is 32.2 Å². The summed E-state index contributed by atoms with van der Waals surface area (Å²) in [6, 6.07) is 0.820. The van der Waals surface area contributed by atoms with E-state index in [1.165, 1.54) is 7.05 Å². The molecular weight excluding hydrogens is 275 g/mol. The number of anilines is 1. The number of halogens is 3. The zero-order chi connectivity index (χ0) is 14.6. The lowest BCUT2D eigenvalue weighted by molar-refractivity contribution is -0.141. The summed E-state index contributed by atoms with van der Waals surface area (Å²) in [6.07, 6.45) is -2.84. The van der Waals surface area contributed by atoms with Crippen LogP contribution < -0.4 is 10.1 Å². The Morgan fingerprint density at radius 2 is 2.05 bits per heavy atom. The maximum Gasteiger partial charge on any atom is 0.433 e. The zero-order valence-corrected chi connectivity index (χ0v) is 11.0. The van der Waals surface area contributed by atoms with E-state index in [9.17, 15) is 13.2 Å². The highest BCUT2D eigenvalue weighted by molar-refractivity contribution is 5.31. The van der Waals surface area contributed by atoms with E-state index in [-0.39, 0.29) is 17.7 Å². The molecule has 1 aliphatic rings. The van der Waals surface area contributed by atoms with Gasteiger partial charge < -0.3 is 14.8 Å². The fourth-order valence-corrected chi connectivity index (χ4v) is 1.87. The van der Waals surface area contributed by atoms with Crippen LogP contribution in [0.5, 0.6) is 5.88 Å². The van der Waals surface area contributed by atoms with Crippen LogP contribution in [0.1, 0.15) is 18.5 Å². The van der Waals surface area contributed by atoms with E-state index in [1.807, 2.05) is 0 Å². The third-order valence-corrected chi connectivity index (χ3v) is 3.02. The summed E-state index contributed by atoms with van der Waals surface area (Å²) in [5, 5.41) is 2.50. The van der Waals surface area contributed by atoms with Gasteiger partial charge in [-0.2, -0.15) is 18.2 Å². The molecular formula is C12H16F3N3O2. The third-order valence-electron chi connectivity index (χ3n) is 3.02. The Morgan fingerprint density at radius 3 is 2.65 bits per heavy atom. The highest BCUT2D eigenvalue weighted by Gasteiger charge is 2.34. The molecule has 1 aromatic rings. The van der Waals surface area contributed by atoms with E-state index in [0.29, 0.717) is 19.8 Å². The molecule has 1 aliphatic heterocycles. The number of ether oxygens (including phenoxy) is 2. The van der Waals surface area contributed by atoms with Crippen LogP contribution in [-0.4, -0.2) is 36.8 Å². The van der Waals surface area contributed by atoms with Gasteiger partial charge >= 0.3 is 6.18 Å². The minimum Gasteiger partial charge on any atom is -0.477 e. The predicted octanol–water partition coefficient (Wildman–Crippen LogP) is 2.34. The Hall–Kier alpha value is -1.57. The molecule has 20 heavy (non-hydrogen) atoms. The van der Waals surface area contributed by atoms with Crippen molar-refractivity contribution >= 4 is 5.95 Å². The molecule has 0 radical (unpaired) electrons. The standard InChI is InChI=1S/C12H16F3N3O2/c1-16-11-17-9(12(13,14)15)6-10(18-11)20-7-8-2-4-19-5-3-8/h6,8H,2-5,7H2,1H3,(H,16,17,18). The molecule has 0 atom stereocenters. The van der Waals surface area contributed by atoms with E-state index in [0.717, 1.165) is 18.9 Å². The van der Waals surface area contributed by atoms with Gasteiger partial charge in [0, 0.05) is 26.3 Å². The first-order valence-corrected chi connectivity index (χ1v) is 6.33.